The number of pyridine rings is 2. The second-order valence-corrected chi connectivity index (χ2v) is 50.7. The number of carboxylic acid groups (broad SMARTS) is 1. The van der Waals surface area contributed by atoms with Gasteiger partial charge in [-0.2, -0.15) is 0 Å². The standard InChI is InChI=1S/C34H45FN2O3Si.C33H43FN2O3Si.C26H35FO3Si.FH/c1-34(2,3)41(6,7)40-32(27-15-17-30(35)18-16-27)29-14-10-25(21-29)20-24-8-12-28(13-9-24)33(38)37(4)23-26-11-19-31(39-5)36-22-26;1-33(2,3)40(5,6)39-31(26-14-16-29(34)17-15-26)28-13-9-24(20-28)19-23-7-11-27(12-8-23)32(38)36(4)22-25-10-18-30(37)35-21-25;1-26(2,3)31(4,5)30-24(20-12-14-23(27)15-13-20)22-11-8-19(17-22)16-18-6-9-21(10-7-18)25(28)29;/h8-9,11-13,15-19,22,25,29,32H,10,14,20-21,23H2,1-7H3;7-8,10-12,14-18,21,24,28,31H,9,13,19-20,22H2,1-6H3,(H,35,37);6-7,9-10,12-15,19,22,24H,8,11,16-17H2,1-5H3,(H,28,29);1H/t25-,29-,32+;24-,28-,31+;19-,22-,24+;/m000./s1. The number of amides is 2. The Morgan fingerprint density at radius 2 is 0.752 bits per heavy atom. The third-order valence-electron chi connectivity index (χ3n) is 24.9. The summed E-state index contributed by atoms with van der Waals surface area (Å²) in [6.45, 7) is 34.9. The quantitative estimate of drug-likeness (QED) is 0.0394. The lowest BCUT2D eigenvalue weighted by Crippen LogP contribution is -2.43. The normalized spacial score (nSPS) is 18.8. The Morgan fingerprint density at radius 1 is 0.451 bits per heavy atom. The summed E-state index contributed by atoms with van der Waals surface area (Å²) >= 11 is 0. The summed E-state index contributed by atoms with van der Waals surface area (Å²) in [4.78, 5) is 58.6. The van der Waals surface area contributed by atoms with E-state index in [1.165, 1.54) is 34.9 Å². The van der Waals surface area contributed by atoms with E-state index in [0.717, 1.165) is 105 Å². The van der Waals surface area contributed by atoms with Gasteiger partial charge >= 0.3 is 5.97 Å². The van der Waals surface area contributed by atoms with Crippen LogP contribution in [0.3, 0.4) is 0 Å². The predicted molar refractivity (Wildman–Crippen MR) is 454 cm³/mol. The van der Waals surface area contributed by atoms with E-state index in [4.69, 9.17) is 23.1 Å². The summed E-state index contributed by atoms with van der Waals surface area (Å²) < 4.78 is 67.0. The topological polar surface area (TPSA) is 161 Å². The number of benzene rings is 6. The van der Waals surface area contributed by atoms with Crippen molar-refractivity contribution in [2.24, 2.45) is 35.5 Å². The van der Waals surface area contributed by atoms with Crippen LogP contribution < -0.4 is 10.3 Å². The molecule has 0 saturated heterocycles. The van der Waals surface area contributed by atoms with Crippen LogP contribution in [0.5, 0.6) is 5.88 Å². The molecule has 0 aliphatic heterocycles. The molecule has 2 aromatic heterocycles. The molecule has 20 heteroatoms. The van der Waals surface area contributed by atoms with Gasteiger partial charge in [0.15, 0.2) is 25.0 Å². The number of nitrogens with one attached hydrogen (secondary N) is 1. The van der Waals surface area contributed by atoms with E-state index in [0.29, 0.717) is 71.2 Å². The van der Waals surface area contributed by atoms with Crippen molar-refractivity contribution < 1.29 is 55.4 Å². The van der Waals surface area contributed by atoms with Crippen LogP contribution in [-0.4, -0.2) is 88.8 Å². The van der Waals surface area contributed by atoms with Gasteiger partial charge < -0.3 is 37.9 Å². The zero-order valence-corrected chi connectivity index (χ0v) is 73.0. The highest BCUT2D eigenvalue weighted by Crippen LogP contribution is 2.51. The van der Waals surface area contributed by atoms with Gasteiger partial charge in [-0.3, -0.25) is 19.1 Å². The highest BCUT2D eigenvalue weighted by atomic mass is 28.4. The molecule has 0 spiro atoms. The number of nitrogens with zero attached hydrogens (tertiary/aromatic N) is 3. The highest BCUT2D eigenvalue weighted by molar-refractivity contribution is 6.75. The number of carbonyl (C=O) groups is 3. The molecule has 3 saturated carbocycles. The lowest BCUT2D eigenvalue weighted by Gasteiger charge is -2.41. The summed E-state index contributed by atoms with van der Waals surface area (Å²) in [5, 5.41) is 9.40. The molecule has 610 valence electrons. The van der Waals surface area contributed by atoms with Crippen molar-refractivity contribution in [1.29, 1.82) is 0 Å². The molecule has 113 heavy (non-hydrogen) atoms. The van der Waals surface area contributed by atoms with Crippen LogP contribution in [0, 0.1) is 53.0 Å². The number of methoxy groups -OCH3 is 1. The van der Waals surface area contributed by atoms with Crippen LogP contribution in [-0.2, 0) is 45.6 Å². The van der Waals surface area contributed by atoms with Gasteiger partial charge in [0.25, 0.3) is 11.8 Å². The zero-order valence-electron chi connectivity index (χ0n) is 70.0. The lowest BCUT2D eigenvalue weighted by molar-refractivity contribution is 0.0695. The average Bonchev–Trinajstić information content (AvgIpc) is 1.79. The van der Waals surface area contributed by atoms with Crippen LogP contribution in [0.25, 0.3) is 0 Å². The van der Waals surface area contributed by atoms with Gasteiger partial charge in [0.05, 0.1) is 31.0 Å². The first kappa shape index (κ1) is 90.4. The van der Waals surface area contributed by atoms with E-state index < -0.39 is 30.9 Å². The second-order valence-electron chi connectivity index (χ2n) is 36.5. The van der Waals surface area contributed by atoms with Crippen LogP contribution in [0.2, 0.25) is 54.4 Å². The molecule has 0 radical (unpaired) electrons. The minimum absolute atomic E-state index is 0. The third-order valence-corrected chi connectivity index (χ3v) is 38.2. The molecule has 2 amide bonds. The molecule has 2 heterocycles. The average molecular weight is 1600 g/mol. The maximum absolute atomic E-state index is 13.7. The minimum atomic E-state index is -2.03. The third kappa shape index (κ3) is 25.2. The van der Waals surface area contributed by atoms with Crippen molar-refractivity contribution >= 4 is 42.7 Å². The Hall–Kier alpha value is -8.12. The maximum Gasteiger partial charge on any atom is 0.335 e. The number of hydrogen-bond donors (Lipinski definition) is 2. The van der Waals surface area contributed by atoms with Crippen molar-refractivity contribution in [3.63, 3.8) is 0 Å². The van der Waals surface area contributed by atoms with E-state index in [2.05, 4.69) is 136 Å². The van der Waals surface area contributed by atoms with Crippen molar-refractivity contribution in [2.75, 3.05) is 21.2 Å². The van der Waals surface area contributed by atoms with Crippen molar-refractivity contribution in [3.05, 3.63) is 271 Å². The summed E-state index contributed by atoms with van der Waals surface area (Å²) in [6, 6.07) is 50.8. The molecule has 9 atom stereocenters. The smallest absolute Gasteiger partial charge is 0.335 e. The molecule has 0 unspecified atom stereocenters. The van der Waals surface area contributed by atoms with Crippen molar-refractivity contribution in [1.82, 2.24) is 19.8 Å². The fraction of sp³-hybridized carbons (Fsp3) is 0.473. The molecular formula is C93H124F4N4O9Si3. The number of rotatable bonds is 26. The van der Waals surface area contributed by atoms with Gasteiger partial charge in [0.1, 0.15) is 17.5 Å². The van der Waals surface area contributed by atoms with E-state index >= 15 is 0 Å². The predicted octanol–water partition coefficient (Wildman–Crippen LogP) is 23.1. The number of aromatic amines is 1. The van der Waals surface area contributed by atoms with E-state index in [1.807, 2.05) is 85.9 Å². The Balaban J connectivity index is 0.000000214. The molecule has 0 bridgehead atoms. The van der Waals surface area contributed by atoms with E-state index in [9.17, 15) is 32.3 Å². The van der Waals surface area contributed by atoms with Gasteiger partial charge in [0.2, 0.25) is 11.4 Å². The van der Waals surface area contributed by atoms with Gasteiger partial charge in [0, 0.05) is 62.8 Å². The number of aromatic nitrogens is 2. The minimum Gasteiger partial charge on any atom is -0.481 e. The molecule has 11 rings (SSSR count). The molecule has 3 aliphatic carbocycles. The summed E-state index contributed by atoms with van der Waals surface area (Å²) in [6.07, 6.45) is 16.1. The molecule has 2 N–H and O–H groups in total. The van der Waals surface area contributed by atoms with Crippen LogP contribution in [0.15, 0.2) is 187 Å². The lowest BCUT2D eigenvalue weighted by atomic mass is 9.91. The largest absolute Gasteiger partial charge is 0.481 e. The second kappa shape index (κ2) is 39.0. The Morgan fingerprint density at radius 3 is 1.03 bits per heavy atom. The Kier molecular flexibility index (Phi) is 31.2. The number of carboxylic acids is 1. The number of hydrogen-bond acceptors (Lipinski definition) is 9. The molecule has 13 nitrogen and oxygen atoms in total. The van der Waals surface area contributed by atoms with Crippen LogP contribution >= 0.6 is 0 Å². The maximum atomic E-state index is 13.7. The van der Waals surface area contributed by atoms with Gasteiger partial charge in [-0.15, -0.1) is 0 Å². The fourth-order valence-corrected chi connectivity index (χ4v) is 19.1. The summed E-state index contributed by atoms with van der Waals surface area (Å²) in [5.74, 6) is 1.80. The van der Waals surface area contributed by atoms with Gasteiger partial charge in [-0.25, -0.2) is 22.9 Å². The number of carbonyl (C=O) groups excluding carboxylic acids is 2. The summed E-state index contributed by atoms with van der Waals surface area (Å²) in [5.41, 5.74) is 10.2. The fourth-order valence-electron chi connectivity index (χ4n) is 15.1. The SMILES string of the molecule is CC(C)(C)[Si](C)(C)O[C@H](c1ccc(F)cc1)[C@H]1CC[C@@H](Cc2ccc(C(=O)O)cc2)C1.CN(Cc1ccc(=O)[nH]c1)C(=O)c1ccc(C[C@@H]2CC[C@H]([C@H](O[Si](C)(C)C(C)(C)C)c3ccc(F)cc3)C2)cc1.COc1ccc(CN(C)C(=O)c2ccc(C[C@@H]3CC[C@H]([C@H](O[Si](C)(C)C(C)(C)C)c4ccc(F)cc4)C3)cc2)cn1.F. The number of aromatic carboxylic acids is 1. The van der Waals surface area contributed by atoms with Crippen molar-refractivity contribution in [2.45, 2.75) is 225 Å². The van der Waals surface area contributed by atoms with Gasteiger partial charge in [-0.05, 0) is 284 Å². The first-order chi connectivity index (χ1) is 52.6. The number of ether oxygens (including phenoxy) is 1. The van der Waals surface area contributed by atoms with E-state index in [1.54, 1.807) is 84.9 Å². The Labute approximate surface area is 673 Å². The monoisotopic (exact) mass is 1600 g/mol. The van der Waals surface area contributed by atoms with Crippen LogP contribution in [0.4, 0.5) is 17.9 Å². The molecule has 3 aliphatic rings. The van der Waals surface area contributed by atoms with E-state index in [-0.39, 0.29) is 73.0 Å². The number of H-pyrrole nitrogens is 1. The first-order valence-corrected chi connectivity index (χ1v) is 48.8. The van der Waals surface area contributed by atoms with Gasteiger partial charge in [-0.1, -0.05) is 147 Å². The molecule has 6 aromatic carbocycles. The molecular weight excluding hydrogens is 1480 g/mol. The number of halogens is 4. The van der Waals surface area contributed by atoms with Crippen LogP contribution in [0.1, 0.15) is 214 Å². The van der Waals surface area contributed by atoms with Crippen molar-refractivity contribution in [3.8, 4) is 5.88 Å². The molecule has 3 fully saturated rings. The summed E-state index contributed by atoms with van der Waals surface area (Å²) in [7, 11) is -0.884. The molecule has 8 aromatic rings. The Bertz CT molecular complexity index is 4390. The highest BCUT2D eigenvalue weighted by Gasteiger charge is 2.46. The zero-order chi connectivity index (χ0) is 81.7. The first-order valence-electron chi connectivity index (χ1n) is 40.1.